The molecule has 2 atom stereocenters. The van der Waals surface area contributed by atoms with Gasteiger partial charge in [-0.1, -0.05) is 24.3 Å². The first-order valence-electron chi connectivity index (χ1n) is 8.28. The number of nitrogens with zero attached hydrogens (tertiary/aromatic N) is 2. The molecule has 4 heteroatoms. The largest absolute Gasteiger partial charge is 0.381 e. The van der Waals surface area contributed by atoms with Gasteiger partial charge in [-0.05, 0) is 43.9 Å². The maximum absolute atomic E-state index is 12.8. The van der Waals surface area contributed by atoms with Gasteiger partial charge in [-0.3, -0.25) is 9.69 Å². The summed E-state index contributed by atoms with van der Waals surface area (Å²) in [5.41, 5.74) is 2.68. The van der Waals surface area contributed by atoms with E-state index in [0.29, 0.717) is 5.92 Å². The molecule has 22 heavy (non-hydrogen) atoms. The van der Waals surface area contributed by atoms with Gasteiger partial charge >= 0.3 is 0 Å². The van der Waals surface area contributed by atoms with Crippen LogP contribution in [0.15, 0.2) is 24.3 Å². The number of carbonyl (C=O) groups excluding carboxylic acids is 1. The second kappa shape index (κ2) is 6.80. The summed E-state index contributed by atoms with van der Waals surface area (Å²) in [5, 5.41) is 0. The number of amides is 1. The van der Waals surface area contributed by atoms with Crippen molar-refractivity contribution in [2.24, 2.45) is 5.92 Å². The lowest BCUT2D eigenvalue weighted by Crippen LogP contribution is -2.48. The summed E-state index contributed by atoms with van der Waals surface area (Å²) in [7, 11) is 2.05. The molecule has 0 N–H and O–H groups in total. The molecule has 2 aliphatic heterocycles. The van der Waals surface area contributed by atoms with Crippen LogP contribution in [0.2, 0.25) is 0 Å². The normalized spacial score (nSPS) is 22.7. The van der Waals surface area contributed by atoms with Crippen LogP contribution in [0.5, 0.6) is 0 Å². The molecule has 0 spiro atoms. The standard InChI is InChI=1S/C18H26N2O2/c1-14(19(2)11-15-8-10-22-13-15)18(21)20-9-7-16-5-3-4-6-17(16)12-20/h3-6,14-15H,7-13H2,1-2H3/t14-,15+/m1/s1. The van der Waals surface area contributed by atoms with Crippen LogP contribution in [0.1, 0.15) is 24.5 Å². The molecule has 1 amide bonds. The molecule has 1 saturated heterocycles. The molecule has 3 rings (SSSR count). The zero-order chi connectivity index (χ0) is 15.5. The highest BCUT2D eigenvalue weighted by Gasteiger charge is 2.28. The molecule has 0 unspecified atom stereocenters. The van der Waals surface area contributed by atoms with Crippen molar-refractivity contribution in [2.75, 3.05) is 33.4 Å². The van der Waals surface area contributed by atoms with E-state index in [4.69, 9.17) is 4.74 Å². The molecule has 120 valence electrons. The van der Waals surface area contributed by atoms with E-state index in [0.717, 1.165) is 45.7 Å². The molecule has 0 aliphatic carbocycles. The van der Waals surface area contributed by atoms with E-state index in [1.165, 1.54) is 11.1 Å². The lowest BCUT2D eigenvalue weighted by Gasteiger charge is -2.34. The molecule has 1 aromatic carbocycles. The zero-order valence-electron chi connectivity index (χ0n) is 13.6. The number of benzene rings is 1. The van der Waals surface area contributed by atoms with Crippen molar-refractivity contribution in [3.8, 4) is 0 Å². The predicted octanol–water partition coefficient (Wildman–Crippen LogP) is 1.93. The summed E-state index contributed by atoms with van der Waals surface area (Å²) in [6.45, 7) is 6.25. The number of hydrogen-bond donors (Lipinski definition) is 0. The highest BCUT2D eigenvalue weighted by molar-refractivity contribution is 5.81. The van der Waals surface area contributed by atoms with Crippen LogP contribution in [-0.4, -0.2) is 55.1 Å². The summed E-state index contributed by atoms with van der Waals surface area (Å²) in [5.74, 6) is 0.818. The Kier molecular flexibility index (Phi) is 4.79. The minimum atomic E-state index is -0.0640. The van der Waals surface area contributed by atoms with Gasteiger partial charge in [0, 0.05) is 26.2 Å². The fourth-order valence-corrected chi connectivity index (χ4v) is 3.43. The van der Waals surface area contributed by atoms with E-state index < -0.39 is 0 Å². The maximum atomic E-state index is 12.8. The minimum Gasteiger partial charge on any atom is -0.381 e. The topological polar surface area (TPSA) is 32.8 Å². The van der Waals surface area contributed by atoms with Gasteiger partial charge in [0.25, 0.3) is 0 Å². The van der Waals surface area contributed by atoms with Crippen LogP contribution in [0, 0.1) is 5.92 Å². The maximum Gasteiger partial charge on any atom is 0.239 e. The van der Waals surface area contributed by atoms with E-state index in [1.807, 2.05) is 11.8 Å². The molecule has 1 aromatic rings. The zero-order valence-corrected chi connectivity index (χ0v) is 13.6. The van der Waals surface area contributed by atoms with Crippen molar-refractivity contribution < 1.29 is 9.53 Å². The second-order valence-corrected chi connectivity index (χ2v) is 6.62. The lowest BCUT2D eigenvalue weighted by molar-refractivity contribution is -0.137. The van der Waals surface area contributed by atoms with Gasteiger partial charge in [-0.15, -0.1) is 0 Å². The Morgan fingerprint density at radius 1 is 1.41 bits per heavy atom. The molecular weight excluding hydrogens is 276 g/mol. The number of ether oxygens (including phenoxy) is 1. The average molecular weight is 302 g/mol. The molecule has 0 bridgehead atoms. The van der Waals surface area contributed by atoms with E-state index in [-0.39, 0.29) is 11.9 Å². The Morgan fingerprint density at radius 3 is 2.91 bits per heavy atom. The Bertz CT molecular complexity index is 526. The van der Waals surface area contributed by atoms with Gasteiger partial charge in [0.2, 0.25) is 5.91 Å². The first-order chi connectivity index (χ1) is 10.6. The van der Waals surface area contributed by atoms with Gasteiger partial charge in [0.1, 0.15) is 0 Å². The second-order valence-electron chi connectivity index (χ2n) is 6.62. The van der Waals surface area contributed by atoms with Crippen molar-refractivity contribution >= 4 is 5.91 Å². The van der Waals surface area contributed by atoms with Gasteiger partial charge in [-0.2, -0.15) is 0 Å². The Labute approximate surface area is 133 Å². The van der Waals surface area contributed by atoms with E-state index in [1.54, 1.807) is 0 Å². The smallest absolute Gasteiger partial charge is 0.239 e. The third-order valence-electron chi connectivity index (χ3n) is 5.03. The summed E-state index contributed by atoms with van der Waals surface area (Å²) in [6.07, 6.45) is 2.08. The number of rotatable bonds is 4. The van der Waals surface area contributed by atoms with Crippen LogP contribution in [0.4, 0.5) is 0 Å². The molecule has 2 heterocycles. The molecule has 0 radical (unpaired) electrons. The summed E-state index contributed by atoms with van der Waals surface area (Å²) >= 11 is 0. The van der Waals surface area contributed by atoms with Crippen molar-refractivity contribution in [2.45, 2.75) is 32.4 Å². The highest BCUT2D eigenvalue weighted by atomic mass is 16.5. The van der Waals surface area contributed by atoms with Gasteiger partial charge in [-0.25, -0.2) is 0 Å². The number of carbonyl (C=O) groups is 1. The Hall–Kier alpha value is -1.39. The lowest BCUT2D eigenvalue weighted by atomic mass is 9.99. The van der Waals surface area contributed by atoms with Crippen LogP contribution in [0.3, 0.4) is 0 Å². The highest BCUT2D eigenvalue weighted by Crippen LogP contribution is 2.20. The molecular formula is C18H26N2O2. The molecule has 2 aliphatic rings. The van der Waals surface area contributed by atoms with Crippen LogP contribution in [-0.2, 0) is 22.5 Å². The van der Waals surface area contributed by atoms with Gasteiger partial charge in [0.15, 0.2) is 0 Å². The van der Waals surface area contributed by atoms with Crippen molar-refractivity contribution in [3.63, 3.8) is 0 Å². The van der Waals surface area contributed by atoms with Crippen LogP contribution < -0.4 is 0 Å². The first kappa shape index (κ1) is 15.5. The van der Waals surface area contributed by atoms with Crippen LogP contribution in [0.25, 0.3) is 0 Å². The van der Waals surface area contributed by atoms with Crippen molar-refractivity contribution in [3.05, 3.63) is 35.4 Å². The summed E-state index contributed by atoms with van der Waals surface area (Å²) in [6, 6.07) is 8.39. The summed E-state index contributed by atoms with van der Waals surface area (Å²) in [4.78, 5) is 17.0. The van der Waals surface area contributed by atoms with Gasteiger partial charge in [0.05, 0.1) is 12.6 Å². The van der Waals surface area contributed by atoms with Crippen molar-refractivity contribution in [1.29, 1.82) is 0 Å². The molecule has 0 aromatic heterocycles. The fourth-order valence-electron chi connectivity index (χ4n) is 3.43. The Morgan fingerprint density at radius 2 is 2.18 bits per heavy atom. The molecule has 0 saturated carbocycles. The monoisotopic (exact) mass is 302 g/mol. The first-order valence-corrected chi connectivity index (χ1v) is 8.28. The van der Waals surface area contributed by atoms with Crippen LogP contribution >= 0.6 is 0 Å². The number of likely N-dealkylation sites (N-methyl/N-ethyl adjacent to an activating group) is 1. The third kappa shape index (κ3) is 3.33. The minimum absolute atomic E-state index is 0.0640. The molecule has 1 fully saturated rings. The Balaban J connectivity index is 1.59. The fraction of sp³-hybridized carbons (Fsp3) is 0.611. The molecule has 4 nitrogen and oxygen atoms in total. The van der Waals surface area contributed by atoms with E-state index in [9.17, 15) is 4.79 Å². The van der Waals surface area contributed by atoms with E-state index >= 15 is 0 Å². The predicted molar refractivity (Wildman–Crippen MR) is 86.6 cm³/mol. The third-order valence-corrected chi connectivity index (χ3v) is 5.03. The van der Waals surface area contributed by atoms with Crippen molar-refractivity contribution in [1.82, 2.24) is 9.80 Å². The van der Waals surface area contributed by atoms with E-state index in [2.05, 4.69) is 36.2 Å². The number of hydrogen-bond acceptors (Lipinski definition) is 3. The average Bonchev–Trinajstić information content (AvgIpc) is 3.06. The quantitative estimate of drug-likeness (QED) is 0.852. The summed E-state index contributed by atoms with van der Waals surface area (Å²) < 4.78 is 5.43. The number of fused-ring (bicyclic) bond motifs is 1. The SMILES string of the molecule is C[C@H](C(=O)N1CCc2ccccc2C1)N(C)C[C@@H]1CCOC1. The van der Waals surface area contributed by atoms with Gasteiger partial charge < -0.3 is 9.64 Å².